The zero-order chi connectivity index (χ0) is 14.4. The van der Waals surface area contributed by atoms with Crippen molar-refractivity contribution in [1.29, 1.82) is 0 Å². The van der Waals surface area contributed by atoms with Gasteiger partial charge in [0.1, 0.15) is 0 Å². The van der Waals surface area contributed by atoms with Crippen LogP contribution in [0, 0.1) is 18.8 Å². The number of benzene rings is 2. The number of aryl methyl sites for hydroxylation is 1. The molecule has 0 heterocycles. The van der Waals surface area contributed by atoms with Gasteiger partial charge in [0.25, 0.3) is 5.91 Å². The summed E-state index contributed by atoms with van der Waals surface area (Å²) in [4.78, 5) is 12.0. The first-order valence-corrected chi connectivity index (χ1v) is 6.36. The van der Waals surface area contributed by atoms with E-state index in [2.05, 4.69) is 17.2 Å². The Morgan fingerprint density at radius 1 is 1.20 bits per heavy atom. The van der Waals surface area contributed by atoms with E-state index in [1.807, 2.05) is 43.3 Å². The van der Waals surface area contributed by atoms with E-state index in [9.17, 15) is 4.79 Å². The molecule has 1 amide bonds. The molecular weight excluding hydrogens is 248 g/mol. The molecule has 3 nitrogen and oxygen atoms in total. The number of nitrogens with one attached hydrogen (secondary N) is 1. The summed E-state index contributed by atoms with van der Waals surface area (Å²) in [6.45, 7) is 2.30. The maximum atomic E-state index is 12.0. The average Bonchev–Trinajstić information content (AvgIpc) is 2.47. The maximum Gasteiger partial charge on any atom is 0.255 e. The predicted molar refractivity (Wildman–Crippen MR) is 81.5 cm³/mol. The van der Waals surface area contributed by atoms with E-state index in [-0.39, 0.29) is 5.91 Å². The number of hydrogen-bond donors (Lipinski definition) is 2. The Kier molecular flexibility index (Phi) is 4.54. The van der Waals surface area contributed by atoms with E-state index >= 15 is 0 Å². The Bertz CT molecular complexity index is 666. The Balaban J connectivity index is 2.15. The van der Waals surface area contributed by atoms with E-state index in [1.54, 1.807) is 12.1 Å². The molecule has 0 atom stereocenters. The van der Waals surface area contributed by atoms with E-state index in [0.717, 1.165) is 16.8 Å². The minimum Gasteiger partial charge on any atom is -0.322 e. The predicted octanol–water partition coefficient (Wildman–Crippen LogP) is 2.56. The highest BCUT2D eigenvalue weighted by atomic mass is 16.1. The van der Waals surface area contributed by atoms with Gasteiger partial charge in [-0.05, 0) is 42.8 Å². The first-order chi connectivity index (χ1) is 9.70. The van der Waals surface area contributed by atoms with Crippen molar-refractivity contribution in [3.05, 3.63) is 65.2 Å². The highest BCUT2D eigenvalue weighted by Crippen LogP contribution is 2.15. The molecular formula is C17H16N2O. The molecule has 2 aromatic rings. The molecule has 0 saturated heterocycles. The van der Waals surface area contributed by atoms with Gasteiger partial charge in [-0.1, -0.05) is 30.0 Å². The van der Waals surface area contributed by atoms with Gasteiger partial charge in [0, 0.05) is 16.8 Å². The molecule has 2 aromatic carbocycles. The molecule has 0 aliphatic carbocycles. The molecule has 20 heavy (non-hydrogen) atoms. The largest absolute Gasteiger partial charge is 0.322 e. The third-order valence-corrected chi connectivity index (χ3v) is 2.85. The van der Waals surface area contributed by atoms with Crippen molar-refractivity contribution in [2.24, 2.45) is 5.73 Å². The molecule has 0 radical (unpaired) electrons. The first kappa shape index (κ1) is 13.9. The van der Waals surface area contributed by atoms with Crippen LogP contribution in [0.5, 0.6) is 0 Å². The van der Waals surface area contributed by atoms with Crippen LogP contribution in [0.4, 0.5) is 5.69 Å². The monoisotopic (exact) mass is 264 g/mol. The lowest BCUT2D eigenvalue weighted by molar-refractivity contribution is 0.102. The number of carbonyl (C=O) groups excluding carboxylic acids is 1. The molecule has 0 bridgehead atoms. The second-order valence-electron chi connectivity index (χ2n) is 4.36. The van der Waals surface area contributed by atoms with Crippen molar-refractivity contribution in [3.8, 4) is 11.8 Å². The van der Waals surface area contributed by atoms with Crippen molar-refractivity contribution in [3.63, 3.8) is 0 Å². The third kappa shape index (κ3) is 3.47. The fraction of sp³-hybridized carbons (Fsp3) is 0.118. The standard InChI is InChI=1S/C17H16N2O/c1-13-12-16(10-9-14(13)8-5-11-18)19-17(20)15-6-3-2-4-7-15/h2-4,6-7,9-10,12H,11,18H2,1H3,(H,19,20). The summed E-state index contributed by atoms with van der Waals surface area (Å²) in [6, 6.07) is 14.8. The van der Waals surface area contributed by atoms with Crippen LogP contribution in [0.25, 0.3) is 0 Å². The van der Waals surface area contributed by atoms with Crippen molar-refractivity contribution in [2.45, 2.75) is 6.92 Å². The Morgan fingerprint density at radius 2 is 1.95 bits per heavy atom. The Hall–Kier alpha value is -2.57. The van der Waals surface area contributed by atoms with Gasteiger partial charge in [0.15, 0.2) is 0 Å². The van der Waals surface area contributed by atoms with Crippen LogP contribution in [0.1, 0.15) is 21.5 Å². The summed E-state index contributed by atoms with van der Waals surface area (Å²) in [5, 5.41) is 2.87. The van der Waals surface area contributed by atoms with Crippen molar-refractivity contribution >= 4 is 11.6 Å². The molecule has 0 saturated carbocycles. The summed E-state index contributed by atoms with van der Waals surface area (Å²) < 4.78 is 0. The minimum absolute atomic E-state index is 0.120. The SMILES string of the molecule is Cc1cc(NC(=O)c2ccccc2)ccc1C#CCN. The van der Waals surface area contributed by atoms with Crippen LogP contribution in [0.2, 0.25) is 0 Å². The fourth-order valence-corrected chi connectivity index (χ4v) is 1.82. The van der Waals surface area contributed by atoms with Gasteiger partial charge in [-0.15, -0.1) is 0 Å². The van der Waals surface area contributed by atoms with Crippen molar-refractivity contribution in [1.82, 2.24) is 0 Å². The second-order valence-corrected chi connectivity index (χ2v) is 4.36. The Morgan fingerprint density at radius 3 is 2.60 bits per heavy atom. The zero-order valence-corrected chi connectivity index (χ0v) is 11.3. The number of nitrogens with two attached hydrogens (primary N) is 1. The van der Waals surface area contributed by atoms with Crippen molar-refractivity contribution in [2.75, 3.05) is 11.9 Å². The number of anilines is 1. The summed E-state index contributed by atoms with van der Waals surface area (Å²) in [6.07, 6.45) is 0. The van der Waals surface area contributed by atoms with Crippen LogP contribution in [0.3, 0.4) is 0 Å². The van der Waals surface area contributed by atoms with E-state index < -0.39 is 0 Å². The Labute approximate surface area is 118 Å². The van der Waals surface area contributed by atoms with Gasteiger partial charge in [-0.3, -0.25) is 4.79 Å². The molecule has 0 unspecified atom stereocenters. The lowest BCUT2D eigenvalue weighted by Gasteiger charge is -2.07. The van der Waals surface area contributed by atoms with Crippen LogP contribution in [-0.4, -0.2) is 12.5 Å². The van der Waals surface area contributed by atoms with Gasteiger partial charge < -0.3 is 11.1 Å². The highest BCUT2D eigenvalue weighted by Gasteiger charge is 2.05. The normalized spacial score (nSPS) is 9.50. The topological polar surface area (TPSA) is 55.1 Å². The minimum atomic E-state index is -0.120. The lowest BCUT2D eigenvalue weighted by Crippen LogP contribution is -2.11. The van der Waals surface area contributed by atoms with Gasteiger partial charge in [-0.25, -0.2) is 0 Å². The zero-order valence-electron chi connectivity index (χ0n) is 11.3. The average molecular weight is 264 g/mol. The van der Waals surface area contributed by atoms with Gasteiger partial charge in [0.05, 0.1) is 6.54 Å². The molecule has 3 N–H and O–H groups in total. The number of carbonyl (C=O) groups is 1. The molecule has 0 aliphatic heterocycles. The number of rotatable bonds is 2. The van der Waals surface area contributed by atoms with Gasteiger partial charge in [0.2, 0.25) is 0 Å². The van der Waals surface area contributed by atoms with Crippen molar-refractivity contribution < 1.29 is 4.79 Å². The second kappa shape index (κ2) is 6.55. The van der Waals surface area contributed by atoms with E-state index in [0.29, 0.717) is 12.1 Å². The molecule has 0 fully saturated rings. The lowest BCUT2D eigenvalue weighted by atomic mass is 10.1. The third-order valence-electron chi connectivity index (χ3n) is 2.85. The summed E-state index contributed by atoms with van der Waals surface area (Å²) in [5.74, 6) is 5.70. The van der Waals surface area contributed by atoms with Gasteiger partial charge >= 0.3 is 0 Å². The summed E-state index contributed by atoms with van der Waals surface area (Å²) >= 11 is 0. The molecule has 0 spiro atoms. The van der Waals surface area contributed by atoms with E-state index in [1.165, 1.54) is 0 Å². The summed E-state index contributed by atoms with van der Waals surface area (Å²) in [5.41, 5.74) is 8.69. The smallest absolute Gasteiger partial charge is 0.255 e. The fourth-order valence-electron chi connectivity index (χ4n) is 1.82. The number of hydrogen-bond acceptors (Lipinski definition) is 2. The molecule has 0 aliphatic rings. The number of amides is 1. The van der Waals surface area contributed by atoms with Crippen LogP contribution in [0.15, 0.2) is 48.5 Å². The van der Waals surface area contributed by atoms with Crippen LogP contribution < -0.4 is 11.1 Å². The first-order valence-electron chi connectivity index (χ1n) is 6.36. The van der Waals surface area contributed by atoms with Crippen LogP contribution >= 0.6 is 0 Å². The molecule has 3 heteroatoms. The highest BCUT2D eigenvalue weighted by molar-refractivity contribution is 6.04. The maximum absolute atomic E-state index is 12.0. The molecule has 0 aromatic heterocycles. The van der Waals surface area contributed by atoms with Gasteiger partial charge in [-0.2, -0.15) is 0 Å². The molecule has 2 rings (SSSR count). The molecule has 100 valence electrons. The summed E-state index contributed by atoms with van der Waals surface area (Å²) in [7, 11) is 0. The van der Waals surface area contributed by atoms with E-state index in [4.69, 9.17) is 5.73 Å². The van der Waals surface area contributed by atoms with Crippen LogP contribution in [-0.2, 0) is 0 Å². The quantitative estimate of drug-likeness (QED) is 0.819.